The standard InChI is InChI=1S/C21H20BrClN4O3/c1-3-12(2)20-26-17-6-4-14(22)9-16(17)21(29)27(20)25-10-13-8-15(23)5-7-18(13)30-11-19(24)28/h4-10,12H,3,11H2,1-2H3,(H2,24,28)/t12-/m0/s1. The molecule has 3 aromatic rings. The van der Waals surface area contributed by atoms with E-state index < -0.39 is 5.91 Å². The number of carbonyl (C=O) groups is 1. The highest BCUT2D eigenvalue weighted by atomic mass is 79.9. The van der Waals surface area contributed by atoms with E-state index in [0.29, 0.717) is 33.1 Å². The van der Waals surface area contributed by atoms with Crippen LogP contribution in [0.2, 0.25) is 5.02 Å². The van der Waals surface area contributed by atoms with Gasteiger partial charge in [-0.1, -0.05) is 41.4 Å². The van der Waals surface area contributed by atoms with Crippen LogP contribution in [0, 0.1) is 0 Å². The molecule has 7 nitrogen and oxygen atoms in total. The zero-order chi connectivity index (χ0) is 21.8. The van der Waals surface area contributed by atoms with Crippen molar-refractivity contribution >= 4 is 50.6 Å². The molecule has 0 aliphatic heterocycles. The van der Waals surface area contributed by atoms with Gasteiger partial charge in [-0.2, -0.15) is 9.78 Å². The molecule has 1 heterocycles. The second-order valence-electron chi connectivity index (χ2n) is 6.74. The molecule has 1 atom stereocenters. The van der Waals surface area contributed by atoms with Gasteiger partial charge >= 0.3 is 0 Å². The Bertz CT molecular complexity index is 1190. The quantitative estimate of drug-likeness (QED) is 0.504. The summed E-state index contributed by atoms with van der Waals surface area (Å²) in [6.45, 7) is 3.72. The van der Waals surface area contributed by atoms with Gasteiger partial charge in [-0.05, 0) is 42.8 Å². The van der Waals surface area contributed by atoms with Crippen LogP contribution < -0.4 is 16.0 Å². The number of carbonyl (C=O) groups excluding carboxylic acids is 1. The van der Waals surface area contributed by atoms with Crippen molar-refractivity contribution in [3.05, 3.63) is 67.6 Å². The minimum atomic E-state index is -0.604. The predicted molar refractivity (Wildman–Crippen MR) is 122 cm³/mol. The first-order valence-corrected chi connectivity index (χ1v) is 10.4. The molecular weight excluding hydrogens is 472 g/mol. The summed E-state index contributed by atoms with van der Waals surface area (Å²) in [5.41, 5.74) is 5.98. The molecule has 0 saturated carbocycles. The first-order chi connectivity index (χ1) is 14.3. The summed E-state index contributed by atoms with van der Waals surface area (Å²) in [5.74, 6) is 0.326. The van der Waals surface area contributed by atoms with Crippen molar-refractivity contribution in [1.29, 1.82) is 0 Å². The number of benzene rings is 2. The molecule has 30 heavy (non-hydrogen) atoms. The molecule has 1 aromatic heterocycles. The Balaban J connectivity index is 2.14. The van der Waals surface area contributed by atoms with E-state index in [1.807, 2.05) is 19.9 Å². The van der Waals surface area contributed by atoms with E-state index in [-0.39, 0.29) is 18.1 Å². The first kappa shape index (κ1) is 22.0. The molecule has 1 amide bonds. The molecule has 0 radical (unpaired) electrons. The summed E-state index contributed by atoms with van der Waals surface area (Å²) >= 11 is 9.49. The van der Waals surface area contributed by atoms with Gasteiger partial charge < -0.3 is 10.5 Å². The van der Waals surface area contributed by atoms with E-state index in [9.17, 15) is 9.59 Å². The lowest BCUT2D eigenvalue weighted by Gasteiger charge is -2.14. The lowest BCUT2D eigenvalue weighted by atomic mass is 10.1. The van der Waals surface area contributed by atoms with Crippen LogP contribution in [0.15, 0.2) is 50.8 Å². The summed E-state index contributed by atoms with van der Waals surface area (Å²) in [5, 5.41) is 5.31. The summed E-state index contributed by atoms with van der Waals surface area (Å²) in [4.78, 5) is 28.9. The first-order valence-electron chi connectivity index (χ1n) is 9.27. The lowest BCUT2D eigenvalue weighted by molar-refractivity contribution is -0.119. The maximum atomic E-state index is 13.2. The van der Waals surface area contributed by atoms with Crippen molar-refractivity contribution in [2.75, 3.05) is 6.61 Å². The average Bonchev–Trinajstić information content (AvgIpc) is 2.72. The van der Waals surface area contributed by atoms with Gasteiger partial charge in [-0.3, -0.25) is 9.59 Å². The Hall–Kier alpha value is -2.71. The van der Waals surface area contributed by atoms with E-state index in [4.69, 9.17) is 22.1 Å². The predicted octanol–water partition coefficient (Wildman–Crippen LogP) is 4.07. The Labute approximate surface area is 186 Å². The number of fused-ring (bicyclic) bond motifs is 1. The van der Waals surface area contributed by atoms with Crippen LogP contribution in [0.5, 0.6) is 5.75 Å². The number of nitrogens with zero attached hydrogens (tertiary/aromatic N) is 3. The number of halogens is 2. The molecule has 0 spiro atoms. The van der Waals surface area contributed by atoms with Crippen molar-refractivity contribution in [1.82, 2.24) is 9.66 Å². The molecule has 0 aliphatic carbocycles. The Morgan fingerprint density at radius 2 is 2.13 bits per heavy atom. The van der Waals surface area contributed by atoms with Gasteiger partial charge in [-0.25, -0.2) is 4.98 Å². The number of amides is 1. The summed E-state index contributed by atoms with van der Waals surface area (Å²) in [6.07, 6.45) is 2.25. The number of nitrogens with two attached hydrogens (primary N) is 1. The highest BCUT2D eigenvalue weighted by Gasteiger charge is 2.16. The molecule has 0 unspecified atom stereocenters. The lowest BCUT2D eigenvalue weighted by Crippen LogP contribution is -2.24. The van der Waals surface area contributed by atoms with Gasteiger partial charge in [0.1, 0.15) is 11.6 Å². The molecular formula is C21H20BrClN4O3. The largest absolute Gasteiger partial charge is 0.483 e. The van der Waals surface area contributed by atoms with Crippen molar-refractivity contribution in [2.45, 2.75) is 26.2 Å². The summed E-state index contributed by atoms with van der Waals surface area (Å²) in [7, 11) is 0. The van der Waals surface area contributed by atoms with Crippen LogP contribution in [-0.2, 0) is 4.79 Å². The second-order valence-corrected chi connectivity index (χ2v) is 8.09. The number of aromatic nitrogens is 2. The van der Waals surface area contributed by atoms with Crippen LogP contribution in [0.4, 0.5) is 0 Å². The molecule has 156 valence electrons. The van der Waals surface area contributed by atoms with Gasteiger partial charge in [0.15, 0.2) is 6.61 Å². The molecule has 0 saturated heterocycles. The van der Waals surface area contributed by atoms with Gasteiger partial charge in [0.25, 0.3) is 11.5 Å². The maximum Gasteiger partial charge on any atom is 0.282 e. The Morgan fingerprint density at radius 3 is 2.83 bits per heavy atom. The summed E-state index contributed by atoms with van der Waals surface area (Å²) < 4.78 is 7.49. The van der Waals surface area contributed by atoms with Gasteiger partial charge in [0.05, 0.1) is 17.1 Å². The van der Waals surface area contributed by atoms with Crippen LogP contribution in [0.3, 0.4) is 0 Å². The normalized spacial score (nSPS) is 12.4. The zero-order valence-corrected chi connectivity index (χ0v) is 18.8. The van der Waals surface area contributed by atoms with Crippen LogP contribution in [-0.4, -0.2) is 28.4 Å². The van der Waals surface area contributed by atoms with Crippen molar-refractivity contribution < 1.29 is 9.53 Å². The smallest absolute Gasteiger partial charge is 0.282 e. The third-order valence-corrected chi connectivity index (χ3v) is 5.27. The molecule has 0 fully saturated rings. The molecule has 2 N–H and O–H groups in total. The van der Waals surface area contributed by atoms with E-state index in [2.05, 4.69) is 26.0 Å². The zero-order valence-electron chi connectivity index (χ0n) is 16.4. The molecule has 9 heteroatoms. The van der Waals surface area contributed by atoms with E-state index in [1.165, 1.54) is 10.9 Å². The van der Waals surface area contributed by atoms with Crippen LogP contribution >= 0.6 is 27.5 Å². The van der Waals surface area contributed by atoms with Gasteiger partial charge in [0.2, 0.25) is 0 Å². The number of hydrogen-bond donors (Lipinski definition) is 1. The molecule has 0 aliphatic rings. The molecule has 2 aromatic carbocycles. The summed E-state index contributed by atoms with van der Waals surface area (Å²) in [6, 6.07) is 10.2. The molecule has 0 bridgehead atoms. The fourth-order valence-electron chi connectivity index (χ4n) is 2.80. The fraction of sp³-hybridized carbons (Fsp3) is 0.238. The van der Waals surface area contributed by atoms with E-state index in [1.54, 1.807) is 30.3 Å². The van der Waals surface area contributed by atoms with Crippen molar-refractivity contribution in [2.24, 2.45) is 10.8 Å². The monoisotopic (exact) mass is 490 g/mol. The van der Waals surface area contributed by atoms with Crippen LogP contribution in [0.1, 0.15) is 37.6 Å². The fourth-order valence-corrected chi connectivity index (χ4v) is 3.34. The van der Waals surface area contributed by atoms with Crippen molar-refractivity contribution in [3.8, 4) is 5.75 Å². The molecule has 3 rings (SSSR count). The average molecular weight is 492 g/mol. The van der Waals surface area contributed by atoms with Gasteiger partial charge in [-0.15, -0.1) is 0 Å². The third-order valence-electron chi connectivity index (χ3n) is 4.54. The second kappa shape index (κ2) is 9.40. The number of hydrogen-bond acceptors (Lipinski definition) is 5. The third kappa shape index (κ3) is 4.88. The van der Waals surface area contributed by atoms with E-state index in [0.717, 1.165) is 10.9 Å². The maximum absolute atomic E-state index is 13.2. The highest BCUT2D eigenvalue weighted by molar-refractivity contribution is 9.10. The number of rotatable bonds is 7. The number of primary amides is 1. The van der Waals surface area contributed by atoms with E-state index >= 15 is 0 Å². The number of ether oxygens (including phenoxy) is 1. The highest BCUT2D eigenvalue weighted by Crippen LogP contribution is 2.23. The van der Waals surface area contributed by atoms with Crippen molar-refractivity contribution in [3.63, 3.8) is 0 Å². The van der Waals surface area contributed by atoms with Crippen LogP contribution in [0.25, 0.3) is 10.9 Å². The topological polar surface area (TPSA) is 99.6 Å². The minimum absolute atomic E-state index is 0.00726. The van der Waals surface area contributed by atoms with Gasteiger partial charge in [0, 0.05) is 21.0 Å². The Kier molecular flexibility index (Phi) is 6.89. The minimum Gasteiger partial charge on any atom is -0.483 e. The Morgan fingerprint density at radius 1 is 1.37 bits per heavy atom. The SMILES string of the molecule is CC[C@H](C)c1nc2ccc(Br)cc2c(=O)n1N=Cc1cc(Cl)ccc1OCC(N)=O.